The first kappa shape index (κ1) is 17.2. The van der Waals surface area contributed by atoms with E-state index < -0.39 is 11.9 Å². The van der Waals surface area contributed by atoms with Crippen LogP contribution >= 0.6 is 0 Å². The van der Waals surface area contributed by atoms with E-state index in [0.717, 1.165) is 5.56 Å². The van der Waals surface area contributed by atoms with E-state index in [-0.39, 0.29) is 18.1 Å². The summed E-state index contributed by atoms with van der Waals surface area (Å²) < 4.78 is 11.0. The summed E-state index contributed by atoms with van der Waals surface area (Å²) in [5.74, 6) is -0.315. The molecular formula is C20H16N2O4. The van der Waals surface area contributed by atoms with Crippen LogP contribution in [0.4, 0.5) is 0 Å². The van der Waals surface area contributed by atoms with Gasteiger partial charge in [-0.15, -0.1) is 0 Å². The summed E-state index contributed by atoms with van der Waals surface area (Å²) in [5.41, 5.74) is 6.55. The number of carbonyl (C=O) groups is 2. The predicted octanol–water partition coefficient (Wildman–Crippen LogP) is 3.33. The van der Waals surface area contributed by atoms with Gasteiger partial charge in [0.25, 0.3) is 0 Å². The third kappa shape index (κ3) is 4.24. The molecular weight excluding hydrogens is 332 g/mol. The maximum atomic E-state index is 12.4. The molecule has 0 spiro atoms. The lowest BCUT2D eigenvalue weighted by molar-refractivity contribution is 0.0469. The second kappa shape index (κ2) is 7.94. The van der Waals surface area contributed by atoms with Crippen molar-refractivity contribution in [3.63, 3.8) is 0 Å². The number of benzene rings is 2. The van der Waals surface area contributed by atoms with Gasteiger partial charge in [0, 0.05) is 11.8 Å². The molecule has 3 rings (SSSR count). The molecule has 2 aromatic carbocycles. The van der Waals surface area contributed by atoms with E-state index in [1.54, 1.807) is 48.5 Å². The van der Waals surface area contributed by atoms with Gasteiger partial charge in [-0.3, -0.25) is 4.79 Å². The van der Waals surface area contributed by atoms with Crippen molar-refractivity contribution in [1.82, 2.24) is 4.98 Å². The summed E-state index contributed by atoms with van der Waals surface area (Å²) in [7, 11) is 0. The topological polar surface area (TPSA) is 91.5 Å². The molecule has 0 saturated heterocycles. The second-order valence-electron chi connectivity index (χ2n) is 5.41. The Kier molecular flexibility index (Phi) is 5.24. The maximum absolute atomic E-state index is 12.4. The Bertz CT molecular complexity index is 909. The van der Waals surface area contributed by atoms with Crippen molar-refractivity contribution in [1.29, 1.82) is 0 Å². The maximum Gasteiger partial charge on any atom is 0.344 e. The molecule has 0 radical (unpaired) electrons. The zero-order valence-corrected chi connectivity index (χ0v) is 13.8. The molecule has 6 heteroatoms. The van der Waals surface area contributed by atoms with Crippen molar-refractivity contribution in [2.75, 3.05) is 0 Å². The minimum atomic E-state index is -0.553. The van der Waals surface area contributed by atoms with E-state index in [2.05, 4.69) is 4.98 Å². The molecule has 6 nitrogen and oxygen atoms in total. The summed E-state index contributed by atoms with van der Waals surface area (Å²) in [6, 6.07) is 18.8. The van der Waals surface area contributed by atoms with Gasteiger partial charge >= 0.3 is 5.97 Å². The molecule has 0 fully saturated rings. The third-order valence-electron chi connectivity index (χ3n) is 3.56. The molecule has 1 aromatic heterocycles. The van der Waals surface area contributed by atoms with E-state index in [9.17, 15) is 9.59 Å². The number of rotatable bonds is 6. The average Bonchev–Trinajstić information content (AvgIpc) is 2.67. The van der Waals surface area contributed by atoms with Crippen LogP contribution in [0.15, 0.2) is 72.9 Å². The molecule has 0 atom stereocenters. The molecule has 3 aromatic rings. The van der Waals surface area contributed by atoms with Gasteiger partial charge in [0.05, 0.1) is 0 Å². The van der Waals surface area contributed by atoms with Gasteiger partial charge in [0.1, 0.15) is 17.9 Å². The monoisotopic (exact) mass is 348 g/mol. The molecule has 0 aliphatic carbocycles. The zero-order valence-electron chi connectivity index (χ0n) is 13.8. The predicted molar refractivity (Wildman–Crippen MR) is 94.8 cm³/mol. The lowest BCUT2D eigenvalue weighted by Gasteiger charge is -2.10. The first-order valence-electron chi connectivity index (χ1n) is 7.87. The van der Waals surface area contributed by atoms with Gasteiger partial charge in [-0.05, 0) is 42.0 Å². The molecule has 0 saturated carbocycles. The molecule has 0 aliphatic heterocycles. The Hall–Kier alpha value is -3.67. The van der Waals surface area contributed by atoms with Crippen molar-refractivity contribution in [2.45, 2.75) is 6.61 Å². The summed E-state index contributed by atoms with van der Waals surface area (Å²) in [6.07, 6.45) is 1.54. The Morgan fingerprint density at radius 1 is 0.923 bits per heavy atom. The zero-order chi connectivity index (χ0) is 18.4. The Morgan fingerprint density at radius 2 is 1.65 bits per heavy atom. The fourth-order valence-corrected chi connectivity index (χ4v) is 2.22. The molecule has 130 valence electrons. The van der Waals surface area contributed by atoms with Crippen molar-refractivity contribution in [3.8, 4) is 11.6 Å². The average molecular weight is 348 g/mol. The first-order chi connectivity index (χ1) is 12.6. The molecule has 1 heterocycles. The number of hydrogen-bond acceptors (Lipinski definition) is 5. The first-order valence-corrected chi connectivity index (χ1v) is 7.87. The standard InChI is InChI=1S/C20H16N2O4/c21-18(23)15-10-8-14(9-11-15)13-25-20(24)17-7-4-12-22-19(17)26-16-5-2-1-3-6-16/h1-12H,13H2,(H2,21,23). The number of aromatic nitrogens is 1. The number of amides is 1. The van der Waals surface area contributed by atoms with Crippen LogP contribution in [0.2, 0.25) is 0 Å². The van der Waals surface area contributed by atoms with E-state index in [4.69, 9.17) is 15.2 Å². The molecule has 0 bridgehead atoms. The van der Waals surface area contributed by atoms with Crippen LogP contribution in [0.3, 0.4) is 0 Å². The number of primary amides is 1. The SMILES string of the molecule is NC(=O)c1ccc(COC(=O)c2cccnc2Oc2ccccc2)cc1. The van der Waals surface area contributed by atoms with Crippen LogP contribution in [-0.2, 0) is 11.3 Å². The summed E-state index contributed by atoms with van der Waals surface area (Å²) in [4.78, 5) is 27.6. The highest BCUT2D eigenvalue weighted by molar-refractivity contribution is 5.93. The van der Waals surface area contributed by atoms with Crippen LogP contribution in [0, 0.1) is 0 Å². The fraction of sp³-hybridized carbons (Fsp3) is 0.0500. The Balaban J connectivity index is 1.69. The van der Waals surface area contributed by atoms with Crippen molar-refractivity contribution in [3.05, 3.63) is 89.6 Å². The Morgan fingerprint density at radius 3 is 2.35 bits per heavy atom. The smallest absolute Gasteiger partial charge is 0.344 e. The van der Waals surface area contributed by atoms with Crippen LogP contribution in [0.1, 0.15) is 26.3 Å². The van der Waals surface area contributed by atoms with Gasteiger partial charge in [-0.25, -0.2) is 9.78 Å². The highest BCUT2D eigenvalue weighted by Gasteiger charge is 2.16. The third-order valence-corrected chi connectivity index (χ3v) is 3.56. The number of hydrogen-bond donors (Lipinski definition) is 1. The highest BCUT2D eigenvalue weighted by Crippen LogP contribution is 2.23. The largest absolute Gasteiger partial charge is 0.457 e. The lowest BCUT2D eigenvalue weighted by Crippen LogP contribution is -2.11. The minimum absolute atomic E-state index is 0.0531. The van der Waals surface area contributed by atoms with Crippen LogP contribution in [0.25, 0.3) is 0 Å². The molecule has 0 unspecified atom stereocenters. The van der Waals surface area contributed by atoms with Crippen molar-refractivity contribution < 1.29 is 19.1 Å². The number of ether oxygens (including phenoxy) is 2. The summed E-state index contributed by atoms with van der Waals surface area (Å²) in [5, 5.41) is 0. The number of carbonyl (C=O) groups excluding carboxylic acids is 2. The van der Waals surface area contributed by atoms with Crippen LogP contribution < -0.4 is 10.5 Å². The van der Waals surface area contributed by atoms with Gasteiger partial charge in [0.15, 0.2) is 0 Å². The normalized spacial score (nSPS) is 10.2. The van der Waals surface area contributed by atoms with Gasteiger partial charge < -0.3 is 15.2 Å². The highest BCUT2D eigenvalue weighted by atomic mass is 16.5. The van der Waals surface area contributed by atoms with Gasteiger partial charge in [0.2, 0.25) is 11.8 Å². The molecule has 26 heavy (non-hydrogen) atoms. The molecule has 1 amide bonds. The Labute approximate surface area is 150 Å². The molecule has 0 aliphatic rings. The lowest BCUT2D eigenvalue weighted by atomic mass is 10.1. The van der Waals surface area contributed by atoms with E-state index in [1.165, 1.54) is 6.20 Å². The van der Waals surface area contributed by atoms with Crippen molar-refractivity contribution in [2.24, 2.45) is 5.73 Å². The van der Waals surface area contributed by atoms with Crippen LogP contribution in [-0.4, -0.2) is 16.9 Å². The van der Waals surface area contributed by atoms with Gasteiger partial charge in [-0.2, -0.15) is 0 Å². The second-order valence-corrected chi connectivity index (χ2v) is 5.41. The number of pyridine rings is 1. The van der Waals surface area contributed by atoms with Gasteiger partial charge in [-0.1, -0.05) is 30.3 Å². The summed E-state index contributed by atoms with van der Waals surface area (Å²) >= 11 is 0. The number of esters is 1. The van der Waals surface area contributed by atoms with E-state index in [1.807, 2.05) is 18.2 Å². The number of nitrogens with zero attached hydrogens (tertiary/aromatic N) is 1. The number of nitrogens with two attached hydrogens (primary N) is 1. The summed E-state index contributed by atoms with van der Waals surface area (Å²) in [6.45, 7) is 0.0531. The van der Waals surface area contributed by atoms with E-state index >= 15 is 0 Å². The van der Waals surface area contributed by atoms with Crippen LogP contribution in [0.5, 0.6) is 11.6 Å². The quantitative estimate of drug-likeness (QED) is 0.690. The minimum Gasteiger partial charge on any atom is -0.457 e. The van der Waals surface area contributed by atoms with E-state index in [0.29, 0.717) is 11.3 Å². The number of para-hydroxylation sites is 1. The van der Waals surface area contributed by atoms with Crippen molar-refractivity contribution >= 4 is 11.9 Å². The fourth-order valence-electron chi connectivity index (χ4n) is 2.22. The molecule has 2 N–H and O–H groups in total.